The molecule has 2 aromatic rings. The average molecular weight is 363 g/mol. The van der Waals surface area contributed by atoms with Crippen molar-refractivity contribution in [2.24, 2.45) is 5.92 Å². The number of benzene rings is 2. The van der Waals surface area contributed by atoms with Crippen LogP contribution in [0.1, 0.15) is 48.0 Å². The van der Waals surface area contributed by atoms with Crippen molar-refractivity contribution in [1.29, 1.82) is 0 Å². The third-order valence-electron chi connectivity index (χ3n) is 6.35. The minimum absolute atomic E-state index is 0.171. The molecule has 3 nitrogen and oxygen atoms in total. The number of hydrogen-bond donors (Lipinski definition) is 0. The van der Waals surface area contributed by atoms with Crippen molar-refractivity contribution in [3.8, 4) is 0 Å². The van der Waals surface area contributed by atoms with Gasteiger partial charge in [0, 0.05) is 49.9 Å². The van der Waals surface area contributed by atoms with Crippen LogP contribution in [0.4, 0.5) is 5.69 Å². The molecule has 27 heavy (non-hydrogen) atoms. The second-order valence-corrected chi connectivity index (χ2v) is 8.37. The lowest BCUT2D eigenvalue weighted by atomic mass is 9.75. The van der Waals surface area contributed by atoms with Crippen molar-refractivity contribution in [2.45, 2.75) is 50.7 Å². The fraction of sp³-hybridized carbons (Fsp3) is 0.458. The van der Waals surface area contributed by atoms with Crippen LogP contribution in [-0.2, 0) is 6.54 Å². The van der Waals surface area contributed by atoms with Gasteiger partial charge in [-0.25, -0.2) is 0 Å². The van der Waals surface area contributed by atoms with Crippen LogP contribution in [0.15, 0.2) is 54.6 Å². The predicted molar refractivity (Wildman–Crippen MR) is 111 cm³/mol. The first-order valence-corrected chi connectivity index (χ1v) is 10.2. The summed E-state index contributed by atoms with van der Waals surface area (Å²) >= 11 is 0. The van der Waals surface area contributed by atoms with Crippen molar-refractivity contribution in [2.75, 3.05) is 19.0 Å². The number of rotatable bonds is 5. The molecule has 0 N–H and O–H groups in total. The van der Waals surface area contributed by atoms with E-state index in [2.05, 4.69) is 52.3 Å². The minimum atomic E-state index is 0.171. The van der Waals surface area contributed by atoms with E-state index in [-0.39, 0.29) is 5.92 Å². The van der Waals surface area contributed by atoms with Gasteiger partial charge in [0.1, 0.15) is 0 Å². The SMILES string of the molecule is CN(C)c1cccc(C(=O)C2CC3CCCC(C2)N3Cc2ccccc2)c1. The lowest BCUT2D eigenvalue weighted by Gasteiger charge is -2.48. The molecule has 2 aliphatic rings. The molecule has 2 aliphatic heterocycles. The molecule has 0 aliphatic carbocycles. The molecule has 0 spiro atoms. The highest BCUT2D eigenvalue weighted by Gasteiger charge is 2.40. The highest BCUT2D eigenvalue weighted by Crippen LogP contribution is 2.39. The Labute approximate surface area is 163 Å². The molecule has 0 amide bonds. The van der Waals surface area contributed by atoms with E-state index >= 15 is 0 Å². The van der Waals surface area contributed by atoms with Gasteiger partial charge in [-0.05, 0) is 43.4 Å². The minimum Gasteiger partial charge on any atom is -0.378 e. The summed E-state index contributed by atoms with van der Waals surface area (Å²) in [6.07, 6.45) is 5.77. The van der Waals surface area contributed by atoms with Crippen molar-refractivity contribution in [3.05, 3.63) is 65.7 Å². The molecule has 0 radical (unpaired) electrons. The smallest absolute Gasteiger partial charge is 0.166 e. The fourth-order valence-electron chi connectivity index (χ4n) is 4.92. The topological polar surface area (TPSA) is 23.6 Å². The first-order chi connectivity index (χ1) is 13.1. The molecule has 2 atom stereocenters. The maximum Gasteiger partial charge on any atom is 0.166 e. The van der Waals surface area contributed by atoms with Gasteiger partial charge in [0.15, 0.2) is 5.78 Å². The number of Topliss-reactive ketones (excluding diaryl/α,β-unsaturated/α-hetero) is 1. The lowest BCUT2D eigenvalue weighted by Crippen LogP contribution is -2.52. The Balaban J connectivity index is 1.49. The van der Waals surface area contributed by atoms with Crippen molar-refractivity contribution in [1.82, 2.24) is 4.90 Å². The molecule has 2 bridgehead atoms. The third kappa shape index (κ3) is 3.93. The number of carbonyl (C=O) groups is 1. The number of carbonyl (C=O) groups excluding carboxylic acids is 1. The van der Waals surface area contributed by atoms with Gasteiger partial charge in [-0.1, -0.05) is 48.9 Å². The number of anilines is 1. The van der Waals surface area contributed by atoms with Gasteiger partial charge < -0.3 is 4.90 Å². The number of fused-ring (bicyclic) bond motifs is 2. The van der Waals surface area contributed by atoms with Gasteiger partial charge in [0.2, 0.25) is 0 Å². The highest BCUT2D eigenvalue weighted by atomic mass is 16.1. The summed E-state index contributed by atoms with van der Waals surface area (Å²) in [5.41, 5.74) is 3.36. The Morgan fingerprint density at radius 3 is 2.37 bits per heavy atom. The molecule has 0 saturated carbocycles. The predicted octanol–water partition coefficient (Wildman–Crippen LogP) is 4.77. The largest absolute Gasteiger partial charge is 0.378 e. The van der Waals surface area contributed by atoms with Crippen molar-refractivity contribution in [3.63, 3.8) is 0 Å². The second kappa shape index (κ2) is 7.85. The molecule has 2 saturated heterocycles. The molecule has 4 rings (SSSR count). The summed E-state index contributed by atoms with van der Waals surface area (Å²) in [6.45, 7) is 1.02. The summed E-state index contributed by atoms with van der Waals surface area (Å²) < 4.78 is 0. The van der Waals surface area contributed by atoms with Gasteiger partial charge in [0.05, 0.1) is 0 Å². The highest BCUT2D eigenvalue weighted by molar-refractivity contribution is 5.98. The van der Waals surface area contributed by atoms with Crippen LogP contribution in [-0.4, -0.2) is 36.9 Å². The molecule has 3 heteroatoms. The quantitative estimate of drug-likeness (QED) is 0.716. The van der Waals surface area contributed by atoms with Gasteiger partial charge in [-0.15, -0.1) is 0 Å². The lowest BCUT2D eigenvalue weighted by molar-refractivity contribution is 0.00906. The molecular formula is C24H30N2O. The van der Waals surface area contributed by atoms with Gasteiger partial charge in [-0.2, -0.15) is 0 Å². The number of ketones is 1. The van der Waals surface area contributed by atoms with Crippen LogP contribution in [0.5, 0.6) is 0 Å². The normalized spacial score (nSPS) is 25.2. The van der Waals surface area contributed by atoms with E-state index in [0.717, 1.165) is 30.6 Å². The van der Waals surface area contributed by atoms with E-state index in [4.69, 9.17) is 0 Å². The van der Waals surface area contributed by atoms with Crippen LogP contribution in [0.25, 0.3) is 0 Å². The van der Waals surface area contributed by atoms with Crippen LogP contribution in [0.3, 0.4) is 0 Å². The van der Waals surface area contributed by atoms with Crippen LogP contribution >= 0.6 is 0 Å². The van der Waals surface area contributed by atoms with Crippen molar-refractivity contribution < 1.29 is 4.79 Å². The average Bonchev–Trinajstić information content (AvgIpc) is 2.68. The molecule has 0 aromatic heterocycles. The van der Waals surface area contributed by atoms with Gasteiger partial charge in [-0.3, -0.25) is 9.69 Å². The first-order valence-electron chi connectivity index (χ1n) is 10.2. The monoisotopic (exact) mass is 362 g/mol. The van der Waals surface area contributed by atoms with Crippen LogP contribution in [0.2, 0.25) is 0 Å². The standard InChI is InChI=1S/C24H30N2O/c1-25(2)21-11-6-10-19(14-21)24(27)20-15-22-12-7-13-23(16-20)26(22)17-18-8-4-3-5-9-18/h3-6,8-11,14,20,22-23H,7,12-13,15-17H2,1-2H3. The van der Waals surface area contributed by atoms with E-state index in [9.17, 15) is 4.79 Å². The summed E-state index contributed by atoms with van der Waals surface area (Å²) in [7, 11) is 4.05. The number of hydrogen-bond acceptors (Lipinski definition) is 3. The summed E-state index contributed by atoms with van der Waals surface area (Å²) in [6, 6.07) is 20.0. The Morgan fingerprint density at radius 2 is 1.70 bits per heavy atom. The molecular weight excluding hydrogens is 332 g/mol. The van der Waals surface area contributed by atoms with E-state index in [1.807, 2.05) is 26.2 Å². The Hall–Kier alpha value is -2.13. The number of nitrogens with zero attached hydrogens (tertiary/aromatic N) is 2. The van der Waals surface area contributed by atoms with Crippen molar-refractivity contribution >= 4 is 11.5 Å². The van der Waals surface area contributed by atoms with Crippen LogP contribution < -0.4 is 4.90 Å². The number of piperidine rings is 2. The van der Waals surface area contributed by atoms with E-state index < -0.39 is 0 Å². The molecule has 142 valence electrons. The van der Waals surface area contributed by atoms with Gasteiger partial charge in [0.25, 0.3) is 0 Å². The maximum absolute atomic E-state index is 13.2. The molecule has 2 fully saturated rings. The zero-order chi connectivity index (χ0) is 18.8. The second-order valence-electron chi connectivity index (χ2n) is 8.37. The fourth-order valence-corrected chi connectivity index (χ4v) is 4.92. The summed E-state index contributed by atoms with van der Waals surface area (Å²) in [5, 5.41) is 0. The Morgan fingerprint density at radius 1 is 1.00 bits per heavy atom. The Bertz CT molecular complexity index is 772. The molecule has 2 aromatic carbocycles. The molecule has 2 unspecified atom stereocenters. The Kier molecular flexibility index (Phi) is 5.31. The third-order valence-corrected chi connectivity index (χ3v) is 6.35. The van der Waals surface area contributed by atoms with E-state index in [1.54, 1.807) is 0 Å². The summed E-state index contributed by atoms with van der Waals surface area (Å²) in [4.78, 5) is 18.0. The first kappa shape index (κ1) is 18.2. The zero-order valence-electron chi connectivity index (χ0n) is 16.5. The van der Waals surface area contributed by atoms with Gasteiger partial charge >= 0.3 is 0 Å². The van der Waals surface area contributed by atoms with E-state index in [0.29, 0.717) is 17.9 Å². The summed E-state index contributed by atoms with van der Waals surface area (Å²) in [5.74, 6) is 0.514. The zero-order valence-corrected chi connectivity index (χ0v) is 16.5. The maximum atomic E-state index is 13.2. The van der Waals surface area contributed by atoms with E-state index in [1.165, 1.54) is 24.8 Å². The van der Waals surface area contributed by atoms with Crippen LogP contribution in [0, 0.1) is 5.92 Å². The molecule has 2 heterocycles.